The van der Waals surface area contributed by atoms with Crippen LogP contribution in [0.15, 0.2) is 12.2 Å². The van der Waals surface area contributed by atoms with E-state index in [0.717, 1.165) is 19.3 Å². The van der Waals surface area contributed by atoms with E-state index in [9.17, 15) is 14.7 Å². The van der Waals surface area contributed by atoms with Gasteiger partial charge in [0.15, 0.2) is 0 Å². The van der Waals surface area contributed by atoms with Gasteiger partial charge < -0.3 is 20.8 Å². The Bertz CT molecular complexity index is 353. The van der Waals surface area contributed by atoms with E-state index in [1.807, 2.05) is 0 Å². The Balaban J connectivity index is 2.20. The third-order valence-corrected chi connectivity index (χ3v) is 3.09. The van der Waals surface area contributed by atoms with Gasteiger partial charge in [0.2, 0.25) is 0 Å². The monoisotopic (exact) mass is 270 g/mol. The van der Waals surface area contributed by atoms with E-state index in [1.165, 1.54) is 6.92 Å². The van der Waals surface area contributed by atoms with Crippen molar-refractivity contribution in [1.29, 1.82) is 0 Å². The van der Waals surface area contributed by atoms with E-state index in [-0.39, 0.29) is 12.6 Å². The quantitative estimate of drug-likeness (QED) is 0.538. The van der Waals surface area contributed by atoms with Crippen LogP contribution in [0, 0.1) is 5.92 Å². The van der Waals surface area contributed by atoms with E-state index >= 15 is 0 Å². The minimum atomic E-state index is -1.43. The SMILES string of the molecule is CC(O)(CNC(=O)NCC1CC=CCC1)CC(=O)O. The zero-order valence-electron chi connectivity index (χ0n) is 11.2. The lowest BCUT2D eigenvalue weighted by Gasteiger charge is -2.22. The molecule has 0 aromatic rings. The first kappa shape index (κ1) is 15.5. The van der Waals surface area contributed by atoms with Crippen LogP contribution in [-0.4, -0.2) is 40.9 Å². The molecule has 108 valence electrons. The van der Waals surface area contributed by atoms with Crippen LogP contribution in [0.4, 0.5) is 4.79 Å². The Morgan fingerprint density at radius 3 is 2.68 bits per heavy atom. The van der Waals surface area contributed by atoms with Crippen molar-refractivity contribution in [1.82, 2.24) is 10.6 Å². The van der Waals surface area contributed by atoms with Gasteiger partial charge in [0.05, 0.1) is 12.0 Å². The second-order valence-corrected chi connectivity index (χ2v) is 5.28. The second-order valence-electron chi connectivity index (χ2n) is 5.28. The molecule has 0 aromatic carbocycles. The summed E-state index contributed by atoms with van der Waals surface area (Å²) in [6.45, 7) is 1.89. The molecule has 19 heavy (non-hydrogen) atoms. The van der Waals surface area contributed by atoms with Crippen molar-refractivity contribution in [3.8, 4) is 0 Å². The summed E-state index contributed by atoms with van der Waals surface area (Å²) in [6.07, 6.45) is 6.93. The van der Waals surface area contributed by atoms with E-state index in [4.69, 9.17) is 5.11 Å². The summed E-state index contributed by atoms with van der Waals surface area (Å²) in [5.41, 5.74) is -1.43. The minimum Gasteiger partial charge on any atom is -0.481 e. The van der Waals surface area contributed by atoms with Crippen molar-refractivity contribution < 1.29 is 19.8 Å². The number of urea groups is 1. The smallest absolute Gasteiger partial charge is 0.314 e. The molecule has 0 saturated heterocycles. The van der Waals surface area contributed by atoms with Gasteiger partial charge >= 0.3 is 12.0 Å². The van der Waals surface area contributed by atoms with Crippen molar-refractivity contribution in [2.75, 3.05) is 13.1 Å². The lowest BCUT2D eigenvalue weighted by Crippen LogP contribution is -2.46. The summed E-state index contributed by atoms with van der Waals surface area (Å²) in [5, 5.41) is 23.5. The third-order valence-electron chi connectivity index (χ3n) is 3.09. The summed E-state index contributed by atoms with van der Waals surface area (Å²) in [6, 6.07) is -0.375. The number of carbonyl (C=O) groups excluding carboxylic acids is 1. The van der Waals surface area contributed by atoms with E-state index in [0.29, 0.717) is 12.5 Å². The standard InChI is InChI=1S/C13H22N2O4/c1-13(19,7-11(16)17)9-15-12(18)14-8-10-5-3-2-4-6-10/h2-3,10,19H,4-9H2,1H3,(H,16,17)(H2,14,15,18). The van der Waals surface area contributed by atoms with Crippen LogP contribution in [-0.2, 0) is 4.79 Å². The molecule has 1 aliphatic rings. The van der Waals surface area contributed by atoms with Crippen molar-refractivity contribution >= 4 is 12.0 Å². The van der Waals surface area contributed by atoms with Gasteiger partial charge in [-0.15, -0.1) is 0 Å². The molecule has 0 aliphatic heterocycles. The highest BCUT2D eigenvalue weighted by molar-refractivity contribution is 5.74. The fourth-order valence-electron chi connectivity index (χ4n) is 2.00. The summed E-state index contributed by atoms with van der Waals surface area (Å²) in [7, 11) is 0. The van der Waals surface area contributed by atoms with Crippen molar-refractivity contribution in [3.05, 3.63) is 12.2 Å². The van der Waals surface area contributed by atoms with Gasteiger partial charge in [-0.05, 0) is 32.1 Å². The molecule has 0 fully saturated rings. The lowest BCUT2D eigenvalue weighted by atomic mass is 9.94. The van der Waals surface area contributed by atoms with E-state index < -0.39 is 18.0 Å². The molecular formula is C13H22N2O4. The number of allylic oxidation sites excluding steroid dienone is 2. The van der Waals surface area contributed by atoms with Gasteiger partial charge in [0, 0.05) is 13.1 Å². The van der Waals surface area contributed by atoms with Crippen LogP contribution in [0.2, 0.25) is 0 Å². The zero-order valence-corrected chi connectivity index (χ0v) is 11.2. The first-order valence-corrected chi connectivity index (χ1v) is 6.50. The zero-order chi connectivity index (χ0) is 14.3. The predicted molar refractivity (Wildman–Crippen MR) is 70.8 cm³/mol. The molecule has 2 amide bonds. The van der Waals surface area contributed by atoms with Crippen LogP contribution in [0.3, 0.4) is 0 Å². The number of amides is 2. The first-order valence-electron chi connectivity index (χ1n) is 6.50. The van der Waals surface area contributed by atoms with E-state index in [1.54, 1.807) is 0 Å². The molecule has 6 nitrogen and oxygen atoms in total. The molecule has 1 aliphatic carbocycles. The average Bonchev–Trinajstić information content (AvgIpc) is 2.34. The molecule has 1 rings (SSSR count). The molecule has 6 heteroatoms. The van der Waals surface area contributed by atoms with Gasteiger partial charge in [-0.1, -0.05) is 12.2 Å². The molecular weight excluding hydrogens is 248 g/mol. The van der Waals surface area contributed by atoms with Crippen LogP contribution >= 0.6 is 0 Å². The molecule has 0 spiro atoms. The molecule has 0 aromatic heterocycles. The maximum absolute atomic E-state index is 11.5. The Morgan fingerprint density at radius 2 is 2.11 bits per heavy atom. The summed E-state index contributed by atoms with van der Waals surface area (Å²) in [5.74, 6) is -0.642. The number of nitrogens with one attached hydrogen (secondary N) is 2. The second kappa shape index (κ2) is 7.13. The molecule has 4 N–H and O–H groups in total. The van der Waals surface area contributed by atoms with Crippen molar-refractivity contribution in [2.45, 2.75) is 38.2 Å². The molecule has 0 bridgehead atoms. The van der Waals surface area contributed by atoms with Gasteiger partial charge in [-0.2, -0.15) is 0 Å². The Labute approximate surface area is 112 Å². The largest absolute Gasteiger partial charge is 0.481 e. The van der Waals surface area contributed by atoms with Gasteiger partial charge in [-0.25, -0.2) is 4.79 Å². The average molecular weight is 270 g/mol. The number of hydrogen-bond acceptors (Lipinski definition) is 3. The van der Waals surface area contributed by atoms with Crippen LogP contribution < -0.4 is 10.6 Å². The number of carboxylic acid groups (broad SMARTS) is 1. The topological polar surface area (TPSA) is 98.7 Å². The molecule has 0 heterocycles. The third kappa shape index (κ3) is 6.81. The summed E-state index contributed by atoms with van der Waals surface area (Å²) < 4.78 is 0. The predicted octanol–water partition coefficient (Wildman–Crippen LogP) is 0.868. The van der Waals surface area contributed by atoms with Crippen LogP contribution in [0.5, 0.6) is 0 Å². The number of aliphatic carboxylic acids is 1. The number of aliphatic hydroxyl groups is 1. The van der Waals surface area contributed by atoms with Gasteiger partial charge in [0.25, 0.3) is 0 Å². The fourth-order valence-corrected chi connectivity index (χ4v) is 2.00. The van der Waals surface area contributed by atoms with Crippen molar-refractivity contribution in [2.24, 2.45) is 5.92 Å². The number of rotatable bonds is 6. The Morgan fingerprint density at radius 1 is 1.37 bits per heavy atom. The molecule has 0 saturated carbocycles. The number of hydrogen-bond donors (Lipinski definition) is 4. The molecule has 0 radical (unpaired) electrons. The normalized spacial score (nSPS) is 21.5. The summed E-state index contributed by atoms with van der Waals surface area (Å²) >= 11 is 0. The highest BCUT2D eigenvalue weighted by atomic mass is 16.4. The van der Waals surface area contributed by atoms with E-state index in [2.05, 4.69) is 22.8 Å². The summed E-state index contributed by atoms with van der Waals surface area (Å²) in [4.78, 5) is 22.0. The van der Waals surface area contributed by atoms with Crippen LogP contribution in [0.1, 0.15) is 32.6 Å². The maximum Gasteiger partial charge on any atom is 0.314 e. The molecule has 2 atom stereocenters. The number of carbonyl (C=O) groups is 2. The number of carboxylic acids is 1. The maximum atomic E-state index is 11.5. The van der Waals surface area contributed by atoms with Gasteiger partial charge in [0.1, 0.15) is 0 Å². The first-order chi connectivity index (χ1) is 8.89. The highest BCUT2D eigenvalue weighted by Crippen LogP contribution is 2.16. The lowest BCUT2D eigenvalue weighted by molar-refractivity contribution is -0.141. The Kier molecular flexibility index (Phi) is 5.82. The fraction of sp³-hybridized carbons (Fsp3) is 0.692. The highest BCUT2D eigenvalue weighted by Gasteiger charge is 2.24. The minimum absolute atomic E-state index is 0.0876. The van der Waals surface area contributed by atoms with Crippen LogP contribution in [0.25, 0.3) is 0 Å². The van der Waals surface area contributed by atoms with Crippen molar-refractivity contribution in [3.63, 3.8) is 0 Å². The molecule has 2 unspecified atom stereocenters. The Hall–Kier alpha value is -1.56. The van der Waals surface area contributed by atoms with Gasteiger partial charge in [-0.3, -0.25) is 4.79 Å².